The summed E-state index contributed by atoms with van der Waals surface area (Å²) in [6.07, 6.45) is 1.88. The van der Waals surface area contributed by atoms with Crippen LogP contribution in [-0.4, -0.2) is 22.4 Å². The lowest BCUT2D eigenvalue weighted by Gasteiger charge is -2.12. The average Bonchev–Trinajstić information content (AvgIpc) is 2.68. The first kappa shape index (κ1) is 21.3. The van der Waals surface area contributed by atoms with Gasteiger partial charge in [0.2, 0.25) is 11.9 Å². The van der Waals surface area contributed by atoms with Gasteiger partial charge in [-0.15, -0.1) is 0 Å². The van der Waals surface area contributed by atoms with Crippen molar-refractivity contribution in [1.29, 1.82) is 0 Å². The molecule has 3 rings (SSSR count). The van der Waals surface area contributed by atoms with Crippen molar-refractivity contribution >= 4 is 23.4 Å². The number of rotatable bonds is 7. The Morgan fingerprint density at radius 2 is 1.83 bits per heavy atom. The zero-order valence-electron chi connectivity index (χ0n) is 18.0. The molecule has 1 heterocycles. The van der Waals surface area contributed by atoms with Crippen LogP contribution >= 0.6 is 0 Å². The molecule has 0 unspecified atom stereocenters. The first-order valence-electron chi connectivity index (χ1n) is 10.2. The van der Waals surface area contributed by atoms with Crippen molar-refractivity contribution in [3.8, 4) is 11.3 Å². The molecule has 0 saturated carbocycles. The Labute approximate surface area is 178 Å². The molecule has 30 heavy (non-hydrogen) atoms. The maximum absolute atomic E-state index is 11.2. The highest BCUT2D eigenvalue weighted by Gasteiger charge is 2.09. The van der Waals surface area contributed by atoms with Crippen molar-refractivity contribution in [2.45, 2.75) is 40.5 Å². The monoisotopic (exact) mass is 403 g/mol. The van der Waals surface area contributed by atoms with Crippen LogP contribution in [-0.2, 0) is 11.2 Å². The molecule has 1 amide bonds. The van der Waals surface area contributed by atoms with Crippen LogP contribution in [0.4, 0.5) is 17.5 Å². The number of carbonyl (C=O) groups is 1. The summed E-state index contributed by atoms with van der Waals surface area (Å²) in [4.78, 5) is 20.0. The molecule has 0 bridgehead atoms. The predicted molar refractivity (Wildman–Crippen MR) is 124 cm³/mol. The minimum Gasteiger partial charge on any atom is -0.370 e. The van der Waals surface area contributed by atoms with E-state index in [-0.39, 0.29) is 11.9 Å². The third kappa shape index (κ3) is 5.35. The standard InChI is InChI=1S/C24H29N5O/c1-15-7-5-9-20(17(15)3)22-14-23(29-24(25)28-22)26-12-6-8-19-10-11-21(16(2)13-19)27-18(4)30/h5,7,9-11,13-14H,6,8,12H2,1-4H3,(H,27,30)(H3,25,26,28,29). The molecular weight excluding hydrogens is 374 g/mol. The normalized spacial score (nSPS) is 10.7. The van der Waals surface area contributed by atoms with E-state index in [0.717, 1.165) is 47.7 Å². The van der Waals surface area contributed by atoms with Crippen molar-refractivity contribution in [2.24, 2.45) is 0 Å². The van der Waals surface area contributed by atoms with Crippen LogP contribution in [0, 0.1) is 20.8 Å². The summed E-state index contributed by atoms with van der Waals surface area (Å²) in [5.74, 6) is 0.940. The van der Waals surface area contributed by atoms with E-state index in [1.807, 2.05) is 25.1 Å². The molecule has 156 valence electrons. The fourth-order valence-electron chi connectivity index (χ4n) is 3.44. The van der Waals surface area contributed by atoms with Gasteiger partial charge >= 0.3 is 0 Å². The molecule has 3 aromatic rings. The zero-order chi connectivity index (χ0) is 21.7. The number of hydrogen-bond acceptors (Lipinski definition) is 5. The van der Waals surface area contributed by atoms with E-state index in [0.29, 0.717) is 0 Å². The van der Waals surface area contributed by atoms with Gasteiger partial charge in [0, 0.05) is 30.8 Å². The topological polar surface area (TPSA) is 92.9 Å². The fraction of sp³-hybridized carbons (Fsp3) is 0.292. The minimum absolute atomic E-state index is 0.0561. The van der Waals surface area contributed by atoms with Gasteiger partial charge in [0.25, 0.3) is 0 Å². The third-order valence-electron chi connectivity index (χ3n) is 5.17. The largest absolute Gasteiger partial charge is 0.370 e. The molecule has 1 aromatic heterocycles. The summed E-state index contributed by atoms with van der Waals surface area (Å²) < 4.78 is 0. The molecule has 2 aromatic carbocycles. The average molecular weight is 404 g/mol. The number of aryl methyl sites for hydroxylation is 3. The van der Waals surface area contributed by atoms with Crippen LogP contribution in [0.2, 0.25) is 0 Å². The van der Waals surface area contributed by atoms with Crippen LogP contribution in [0.5, 0.6) is 0 Å². The van der Waals surface area contributed by atoms with Gasteiger partial charge in [-0.05, 0) is 61.9 Å². The van der Waals surface area contributed by atoms with Gasteiger partial charge in [-0.25, -0.2) is 4.98 Å². The Kier molecular flexibility index (Phi) is 6.67. The van der Waals surface area contributed by atoms with Crippen molar-refractivity contribution < 1.29 is 4.79 Å². The lowest BCUT2D eigenvalue weighted by Crippen LogP contribution is -2.08. The molecule has 6 heteroatoms. The van der Waals surface area contributed by atoms with Gasteiger partial charge in [-0.1, -0.05) is 30.3 Å². The molecule has 0 spiro atoms. The van der Waals surface area contributed by atoms with E-state index in [4.69, 9.17) is 5.73 Å². The molecule has 0 aliphatic heterocycles. The van der Waals surface area contributed by atoms with Gasteiger partial charge in [0.1, 0.15) is 5.82 Å². The number of amides is 1. The van der Waals surface area contributed by atoms with Gasteiger partial charge in [0.05, 0.1) is 5.69 Å². The number of aromatic nitrogens is 2. The van der Waals surface area contributed by atoms with E-state index in [1.54, 1.807) is 0 Å². The predicted octanol–water partition coefficient (Wildman–Crippen LogP) is 4.65. The van der Waals surface area contributed by atoms with Crippen LogP contribution < -0.4 is 16.4 Å². The summed E-state index contributed by atoms with van der Waals surface area (Å²) in [7, 11) is 0. The number of hydrogen-bond donors (Lipinski definition) is 3. The fourth-order valence-corrected chi connectivity index (χ4v) is 3.44. The van der Waals surface area contributed by atoms with E-state index < -0.39 is 0 Å². The lowest BCUT2D eigenvalue weighted by molar-refractivity contribution is -0.114. The number of nitrogens with two attached hydrogens (primary N) is 1. The minimum atomic E-state index is -0.0561. The number of benzene rings is 2. The molecule has 0 fully saturated rings. The Morgan fingerprint density at radius 1 is 1.03 bits per heavy atom. The van der Waals surface area contributed by atoms with Gasteiger partial charge in [-0.3, -0.25) is 4.79 Å². The van der Waals surface area contributed by atoms with Crippen molar-refractivity contribution in [3.63, 3.8) is 0 Å². The summed E-state index contributed by atoms with van der Waals surface area (Å²) in [6.45, 7) is 8.48. The molecule has 0 radical (unpaired) electrons. The second-order valence-corrected chi connectivity index (χ2v) is 7.60. The van der Waals surface area contributed by atoms with E-state index in [2.05, 4.69) is 58.7 Å². The number of anilines is 3. The Bertz CT molecular complexity index is 1060. The van der Waals surface area contributed by atoms with Crippen molar-refractivity contribution in [1.82, 2.24) is 9.97 Å². The first-order chi connectivity index (χ1) is 14.3. The zero-order valence-corrected chi connectivity index (χ0v) is 18.0. The summed E-state index contributed by atoms with van der Waals surface area (Å²) in [5, 5.41) is 6.21. The number of nitrogen functional groups attached to an aromatic ring is 1. The second-order valence-electron chi connectivity index (χ2n) is 7.60. The second kappa shape index (κ2) is 9.39. The van der Waals surface area contributed by atoms with E-state index >= 15 is 0 Å². The maximum Gasteiger partial charge on any atom is 0.222 e. The Morgan fingerprint density at radius 3 is 2.57 bits per heavy atom. The highest BCUT2D eigenvalue weighted by molar-refractivity contribution is 5.89. The summed E-state index contributed by atoms with van der Waals surface area (Å²) in [5.41, 5.74) is 13.4. The molecular formula is C24H29N5O. The quantitative estimate of drug-likeness (QED) is 0.499. The summed E-state index contributed by atoms with van der Waals surface area (Å²) in [6, 6.07) is 14.3. The van der Waals surface area contributed by atoms with E-state index in [9.17, 15) is 4.79 Å². The van der Waals surface area contributed by atoms with Crippen molar-refractivity contribution in [2.75, 3.05) is 22.9 Å². The van der Waals surface area contributed by atoms with Crippen molar-refractivity contribution in [3.05, 3.63) is 64.7 Å². The number of nitrogens with one attached hydrogen (secondary N) is 2. The maximum atomic E-state index is 11.2. The molecule has 0 aliphatic carbocycles. The SMILES string of the molecule is CC(=O)Nc1ccc(CCCNc2cc(-c3cccc(C)c3C)nc(N)n2)cc1C. The van der Waals surface area contributed by atoms with Gasteiger partial charge in [0.15, 0.2) is 0 Å². The molecule has 6 nitrogen and oxygen atoms in total. The Hall–Kier alpha value is -3.41. The lowest BCUT2D eigenvalue weighted by atomic mass is 10.0. The third-order valence-corrected chi connectivity index (χ3v) is 5.17. The van der Waals surface area contributed by atoms with Crippen LogP contribution in [0.25, 0.3) is 11.3 Å². The van der Waals surface area contributed by atoms with Gasteiger partial charge in [-0.2, -0.15) is 4.98 Å². The van der Waals surface area contributed by atoms with Gasteiger partial charge < -0.3 is 16.4 Å². The van der Waals surface area contributed by atoms with Crippen LogP contribution in [0.15, 0.2) is 42.5 Å². The number of nitrogens with zero attached hydrogens (tertiary/aromatic N) is 2. The molecule has 4 N–H and O–H groups in total. The molecule has 0 saturated heterocycles. The first-order valence-corrected chi connectivity index (χ1v) is 10.2. The summed E-state index contributed by atoms with van der Waals surface area (Å²) >= 11 is 0. The molecule has 0 aliphatic rings. The van der Waals surface area contributed by atoms with E-state index in [1.165, 1.54) is 23.6 Å². The number of carbonyl (C=O) groups excluding carboxylic acids is 1. The highest BCUT2D eigenvalue weighted by Crippen LogP contribution is 2.26. The van der Waals surface area contributed by atoms with Crippen LogP contribution in [0.3, 0.4) is 0 Å². The smallest absolute Gasteiger partial charge is 0.222 e. The van der Waals surface area contributed by atoms with Crippen LogP contribution in [0.1, 0.15) is 35.6 Å². The highest BCUT2D eigenvalue weighted by atomic mass is 16.1. The molecule has 0 atom stereocenters. The Balaban J connectivity index is 1.61.